The van der Waals surface area contributed by atoms with Crippen LogP contribution < -0.4 is 5.32 Å². The van der Waals surface area contributed by atoms with Gasteiger partial charge >= 0.3 is 0 Å². The Labute approximate surface area is 576 Å². The second kappa shape index (κ2) is 57.1. The fraction of sp³-hybridized carbons (Fsp3) is 0.753. The van der Waals surface area contributed by atoms with Crippen LogP contribution in [0.4, 0.5) is 0 Å². The number of allylic oxidation sites excluding steroid dienone is 17. The smallest absolute Gasteiger partial charge is 0.220 e. The van der Waals surface area contributed by atoms with E-state index in [-0.39, 0.29) is 18.9 Å². The number of carbonyl (C=O) groups is 1. The van der Waals surface area contributed by atoms with Gasteiger partial charge in [-0.25, -0.2) is 0 Å². The summed E-state index contributed by atoms with van der Waals surface area (Å²) in [5, 5.41) is 120. The van der Waals surface area contributed by atoms with Crippen molar-refractivity contribution in [3.05, 3.63) is 109 Å². The van der Waals surface area contributed by atoms with Gasteiger partial charge in [-0.2, -0.15) is 0 Å². The zero-order valence-corrected chi connectivity index (χ0v) is 58.6. The summed E-state index contributed by atoms with van der Waals surface area (Å²) in [6.07, 6.45) is 50.9. The Morgan fingerprint density at radius 1 is 0.385 bits per heavy atom. The molecule has 3 fully saturated rings. The Morgan fingerprint density at radius 2 is 0.719 bits per heavy atom. The normalized spacial score (nSPS) is 27.7. The summed E-state index contributed by atoms with van der Waals surface area (Å²) in [5.74, 6) is -0.281. The molecule has 17 unspecified atom stereocenters. The highest BCUT2D eigenvalue weighted by Gasteiger charge is 2.53. The number of hydrogen-bond acceptors (Lipinski definition) is 18. The maximum Gasteiger partial charge on any atom is 0.220 e. The van der Waals surface area contributed by atoms with Gasteiger partial charge in [-0.15, -0.1) is 0 Å². The molecule has 0 aliphatic carbocycles. The number of carbonyl (C=O) groups excluding carboxylic acids is 1. The summed E-state index contributed by atoms with van der Waals surface area (Å²) in [5.41, 5.74) is 0. The lowest BCUT2D eigenvalue weighted by molar-refractivity contribution is -0.379. The average Bonchev–Trinajstić information content (AvgIpc) is 0.787. The minimum Gasteiger partial charge on any atom is -0.394 e. The van der Waals surface area contributed by atoms with E-state index in [1.54, 1.807) is 6.08 Å². The van der Waals surface area contributed by atoms with E-state index in [4.69, 9.17) is 28.4 Å². The molecule has 12 N–H and O–H groups in total. The van der Waals surface area contributed by atoms with Crippen LogP contribution in [0.3, 0.4) is 0 Å². The molecule has 3 heterocycles. The van der Waals surface area contributed by atoms with Gasteiger partial charge in [-0.3, -0.25) is 4.79 Å². The molecule has 3 rings (SSSR count). The van der Waals surface area contributed by atoms with Crippen LogP contribution in [0.5, 0.6) is 0 Å². The molecular formula is C77H131NO18. The molecule has 3 aliphatic rings. The molecule has 0 bridgehead atoms. The largest absolute Gasteiger partial charge is 0.394 e. The number of nitrogens with one attached hydrogen (secondary N) is 1. The molecule has 0 radical (unpaired) electrons. The van der Waals surface area contributed by atoms with E-state index in [0.717, 1.165) is 103 Å². The Hall–Kier alpha value is -3.55. The first kappa shape index (κ1) is 86.7. The lowest BCUT2D eigenvalue weighted by atomic mass is 9.96. The zero-order chi connectivity index (χ0) is 69.6. The molecule has 17 atom stereocenters. The molecule has 0 aromatic heterocycles. The van der Waals surface area contributed by atoms with Crippen molar-refractivity contribution in [2.24, 2.45) is 0 Å². The minimum absolute atomic E-state index is 0.237. The Bertz CT molecular complexity index is 2160. The molecule has 0 aromatic carbocycles. The summed E-state index contributed by atoms with van der Waals surface area (Å²) in [6.45, 7) is 1.59. The van der Waals surface area contributed by atoms with Crippen molar-refractivity contribution in [1.29, 1.82) is 0 Å². The number of aliphatic hydroxyl groups is 11. The predicted octanol–water partition coefficient (Wildman–Crippen LogP) is 11.0. The third-order valence-electron chi connectivity index (χ3n) is 17.8. The van der Waals surface area contributed by atoms with E-state index in [1.807, 2.05) is 6.08 Å². The molecule has 552 valence electrons. The monoisotopic (exact) mass is 1360 g/mol. The van der Waals surface area contributed by atoms with Crippen LogP contribution in [0.1, 0.15) is 239 Å². The van der Waals surface area contributed by atoms with Gasteiger partial charge in [0, 0.05) is 6.42 Å². The summed E-state index contributed by atoms with van der Waals surface area (Å²) < 4.78 is 34.3. The molecule has 0 saturated carbocycles. The first-order valence-corrected chi connectivity index (χ1v) is 37.1. The quantitative estimate of drug-likeness (QED) is 0.0199. The van der Waals surface area contributed by atoms with Crippen LogP contribution in [0.15, 0.2) is 109 Å². The Kier molecular flexibility index (Phi) is 51.6. The predicted molar refractivity (Wildman–Crippen MR) is 378 cm³/mol. The van der Waals surface area contributed by atoms with Gasteiger partial charge in [0.2, 0.25) is 5.91 Å². The Morgan fingerprint density at radius 3 is 1.12 bits per heavy atom. The van der Waals surface area contributed by atoms with E-state index in [2.05, 4.69) is 116 Å². The van der Waals surface area contributed by atoms with Crippen molar-refractivity contribution in [2.75, 3.05) is 26.4 Å². The molecule has 19 heteroatoms. The van der Waals surface area contributed by atoms with Gasteiger partial charge in [0.05, 0.1) is 38.6 Å². The Balaban J connectivity index is 1.31. The standard InChI is InChI=1S/C77H131NO18/c1-3-5-7-9-11-13-15-17-18-19-20-21-22-23-24-25-26-27-28-29-30-31-32-33-34-35-36-37-38-39-40-41-42-43-45-47-49-51-53-55-65(83)78-60(61(82)54-52-50-48-46-44-16-14-12-10-8-6-4-2)59-91-75-71(89)68(86)73(63(57-80)93-75)96-77-72(90)69(87)74(64(58-81)94-77)95-76-70(88)67(85)66(84)62(56-79)92-76/h5,7,11,13,17-18,20-21,23-24,26-27,29-30,32-33,52,54,60-64,66-77,79-82,84-90H,3-4,6,8-10,12,14-16,19,22,25,28,31,34-51,53,55-59H2,1-2H3,(H,78,83)/b7-5-,13-11-,18-17-,21-20-,24-23-,27-26-,30-29-,33-32-,54-52+. The SMILES string of the molecule is CC/C=C\C/C=C\C/C=C\C/C=C\C/C=C\C/C=C\C/C=C\C/C=C\CCCCCCCCCCCCCCCCC(=O)NC(COC1OC(CO)C(OC2OC(CO)C(OC3OC(CO)C(O)C(O)C3O)C(O)C2O)C(O)C1O)C(O)/C=C/CCCCCCCCCCCC. The lowest BCUT2D eigenvalue weighted by Gasteiger charge is -2.48. The van der Waals surface area contributed by atoms with Gasteiger partial charge in [0.15, 0.2) is 18.9 Å². The minimum atomic E-state index is -1.98. The fourth-order valence-electron chi connectivity index (χ4n) is 11.9. The number of unbranched alkanes of at least 4 members (excludes halogenated alkanes) is 24. The number of amides is 1. The van der Waals surface area contributed by atoms with Crippen molar-refractivity contribution in [2.45, 2.75) is 343 Å². The van der Waals surface area contributed by atoms with Crippen LogP contribution in [-0.4, -0.2) is 193 Å². The van der Waals surface area contributed by atoms with E-state index < -0.39 is 124 Å². The molecule has 3 aliphatic heterocycles. The van der Waals surface area contributed by atoms with Crippen molar-refractivity contribution in [1.82, 2.24) is 5.32 Å². The molecule has 1 amide bonds. The number of rotatable bonds is 56. The molecule has 0 spiro atoms. The van der Waals surface area contributed by atoms with Gasteiger partial charge < -0.3 is 89.9 Å². The molecule has 96 heavy (non-hydrogen) atoms. The van der Waals surface area contributed by atoms with Crippen LogP contribution in [0.25, 0.3) is 0 Å². The van der Waals surface area contributed by atoms with Gasteiger partial charge in [-0.05, 0) is 83.5 Å². The molecule has 19 nitrogen and oxygen atoms in total. The van der Waals surface area contributed by atoms with Crippen molar-refractivity contribution in [3.8, 4) is 0 Å². The van der Waals surface area contributed by atoms with E-state index in [1.165, 1.54) is 109 Å². The summed E-state index contributed by atoms with van der Waals surface area (Å²) in [6, 6.07) is -0.978. The maximum atomic E-state index is 13.4. The van der Waals surface area contributed by atoms with Crippen molar-refractivity contribution >= 4 is 5.91 Å². The highest BCUT2D eigenvalue weighted by atomic mass is 16.8. The van der Waals surface area contributed by atoms with Gasteiger partial charge in [0.1, 0.15) is 73.2 Å². The van der Waals surface area contributed by atoms with E-state index >= 15 is 0 Å². The van der Waals surface area contributed by atoms with Crippen LogP contribution in [0, 0.1) is 0 Å². The highest BCUT2D eigenvalue weighted by molar-refractivity contribution is 5.76. The third kappa shape index (κ3) is 37.8. The van der Waals surface area contributed by atoms with E-state index in [9.17, 15) is 61.0 Å². The zero-order valence-electron chi connectivity index (χ0n) is 58.6. The molecule has 0 aromatic rings. The van der Waals surface area contributed by atoms with Crippen LogP contribution in [0.2, 0.25) is 0 Å². The van der Waals surface area contributed by atoms with Crippen LogP contribution >= 0.6 is 0 Å². The first-order chi connectivity index (χ1) is 46.8. The highest BCUT2D eigenvalue weighted by Crippen LogP contribution is 2.33. The molecule has 3 saturated heterocycles. The fourth-order valence-corrected chi connectivity index (χ4v) is 11.9. The second-order valence-corrected chi connectivity index (χ2v) is 26.0. The maximum absolute atomic E-state index is 13.4. The summed E-state index contributed by atoms with van der Waals surface area (Å²) >= 11 is 0. The number of aliphatic hydroxyl groups excluding tert-OH is 11. The second-order valence-electron chi connectivity index (χ2n) is 26.0. The summed E-state index contributed by atoms with van der Waals surface area (Å²) in [4.78, 5) is 13.4. The third-order valence-corrected chi connectivity index (χ3v) is 17.8. The number of hydrogen-bond donors (Lipinski definition) is 12. The lowest BCUT2D eigenvalue weighted by Crippen LogP contribution is -2.66. The van der Waals surface area contributed by atoms with Crippen LogP contribution in [-0.2, 0) is 33.2 Å². The topological polar surface area (TPSA) is 307 Å². The van der Waals surface area contributed by atoms with Gasteiger partial charge in [-0.1, -0.05) is 258 Å². The van der Waals surface area contributed by atoms with E-state index in [0.29, 0.717) is 6.42 Å². The first-order valence-electron chi connectivity index (χ1n) is 37.1. The van der Waals surface area contributed by atoms with Crippen molar-refractivity contribution < 1.29 is 89.4 Å². The van der Waals surface area contributed by atoms with Crippen molar-refractivity contribution in [3.63, 3.8) is 0 Å². The average molecular weight is 1360 g/mol. The number of ether oxygens (including phenoxy) is 6. The summed E-state index contributed by atoms with van der Waals surface area (Å²) in [7, 11) is 0. The van der Waals surface area contributed by atoms with Gasteiger partial charge in [0.25, 0.3) is 0 Å². The molecular weight excluding hydrogens is 1230 g/mol.